The molecule has 4 aromatic rings. The predicted molar refractivity (Wildman–Crippen MR) is 168 cm³/mol. The van der Waals surface area contributed by atoms with Gasteiger partial charge in [-0.3, -0.25) is 9.78 Å². The third-order valence-corrected chi connectivity index (χ3v) is 8.17. The fourth-order valence-corrected chi connectivity index (χ4v) is 6.00. The van der Waals surface area contributed by atoms with Crippen LogP contribution in [0.15, 0.2) is 66.9 Å². The first kappa shape index (κ1) is 28.1. The van der Waals surface area contributed by atoms with Crippen LogP contribution in [0.5, 0.6) is 0 Å². The number of thiocarbonyl (C=S) groups is 1. The number of halogens is 2. The summed E-state index contributed by atoms with van der Waals surface area (Å²) in [4.78, 5) is 19.1. The van der Waals surface area contributed by atoms with E-state index in [0.29, 0.717) is 20.8 Å². The van der Waals surface area contributed by atoms with E-state index >= 15 is 0 Å². The summed E-state index contributed by atoms with van der Waals surface area (Å²) in [7, 11) is 0. The quantitative estimate of drug-likeness (QED) is 0.223. The molecule has 2 atom stereocenters. The van der Waals surface area contributed by atoms with Gasteiger partial charge in [-0.1, -0.05) is 49.2 Å². The molecule has 40 heavy (non-hydrogen) atoms. The van der Waals surface area contributed by atoms with Gasteiger partial charge in [-0.25, -0.2) is 0 Å². The van der Waals surface area contributed by atoms with Crippen molar-refractivity contribution in [1.29, 1.82) is 0 Å². The number of carbonyl (C=O) groups excluding carboxylic acids is 1. The lowest BCUT2D eigenvalue weighted by Gasteiger charge is -2.28. The first-order valence-corrected chi connectivity index (χ1v) is 14.3. The molecular formula is C31H31Cl2N5OS. The number of rotatable bonds is 6. The highest BCUT2D eigenvalue weighted by molar-refractivity contribution is 7.80. The van der Waals surface area contributed by atoms with E-state index in [-0.39, 0.29) is 23.9 Å². The Morgan fingerprint density at radius 3 is 2.50 bits per heavy atom. The molecule has 2 N–H and O–H groups in total. The molecule has 3 heterocycles. The Bertz CT molecular complexity index is 1600. The van der Waals surface area contributed by atoms with Gasteiger partial charge in [-0.05, 0) is 92.6 Å². The molecule has 0 radical (unpaired) electrons. The fraction of sp³-hybridized carbons (Fsp3) is 0.258. The highest BCUT2D eigenvalue weighted by atomic mass is 35.5. The van der Waals surface area contributed by atoms with Gasteiger partial charge in [-0.2, -0.15) is 0 Å². The van der Waals surface area contributed by atoms with E-state index in [1.807, 2.05) is 68.4 Å². The molecule has 1 aliphatic rings. The molecule has 0 aliphatic carbocycles. The van der Waals surface area contributed by atoms with Crippen molar-refractivity contribution in [2.45, 2.75) is 46.7 Å². The van der Waals surface area contributed by atoms with Crippen LogP contribution in [0.4, 0.5) is 11.4 Å². The van der Waals surface area contributed by atoms with Gasteiger partial charge >= 0.3 is 0 Å². The van der Waals surface area contributed by atoms with Crippen molar-refractivity contribution in [3.05, 3.63) is 105 Å². The molecule has 6 nitrogen and oxygen atoms in total. The maximum atomic E-state index is 12.3. The first-order chi connectivity index (χ1) is 19.1. The predicted octanol–water partition coefficient (Wildman–Crippen LogP) is 7.88. The van der Waals surface area contributed by atoms with Gasteiger partial charge in [0.15, 0.2) is 5.11 Å². The number of amides is 1. The lowest BCUT2D eigenvalue weighted by atomic mass is 9.96. The summed E-state index contributed by atoms with van der Waals surface area (Å²) in [6.07, 6.45) is 1.79. The van der Waals surface area contributed by atoms with Gasteiger partial charge in [0.05, 0.1) is 28.5 Å². The van der Waals surface area contributed by atoms with Gasteiger partial charge in [0.1, 0.15) is 0 Å². The van der Waals surface area contributed by atoms with Gasteiger partial charge in [0.2, 0.25) is 5.91 Å². The number of nitrogens with zero attached hydrogens (tertiary/aromatic N) is 3. The van der Waals surface area contributed by atoms with Crippen LogP contribution in [0.1, 0.15) is 54.1 Å². The normalized spacial score (nSPS) is 16.9. The second-order valence-electron chi connectivity index (χ2n) is 10.4. The van der Waals surface area contributed by atoms with E-state index in [1.165, 1.54) is 0 Å². The summed E-state index contributed by atoms with van der Waals surface area (Å²) in [5.41, 5.74) is 7.70. The van der Waals surface area contributed by atoms with Crippen molar-refractivity contribution < 1.29 is 4.79 Å². The second kappa shape index (κ2) is 11.2. The van der Waals surface area contributed by atoms with Gasteiger partial charge < -0.3 is 20.1 Å². The summed E-state index contributed by atoms with van der Waals surface area (Å²) < 4.78 is 2.24. The number of carbonyl (C=O) groups is 1. The minimum Gasteiger partial charge on any atom is -0.351 e. The Hall–Kier alpha value is -3.39. The fourth-order valence-electron chi connectivity index (χ4n) is 5.26. The van der Waals surface area contributed by atoms with E-state index in [9.17, 15) is 4.79 Å². The van der Waals surface area contributed by atoms with Crippen LogP contribution < -0.4 is 15.5 Å². The van der Waals surface area contributed by atoms with E-state index < -0.39 is 0 Å². The lowest BCUT2D eigenvalue weighted by Crippen LogP contribution is -2.29. The van der Waals surface area contributed by atoms with Crippen LogP contribution in [-0.4, -0.2) is 20.6 Å². The van der Waals surface area contributed by atoms with Crippen molar-refractivity contribution in [1.82, 2.24) is 14.9 Å². The van der Waals surface area contributed by atoms with Crippen molar-refractivity contribution in [2.24, 2.45) is 5.92 Å². The molecule has 0 spiro atoms. The van der Waals surface area contributed by atoms with Crippen LogP contribution in [-0.2, 0) is 4.79 Å². The third kappa shape index (κ3) is 5.21. The molecule has 1 fully saturated rings. The number of aromatic nitrogens is 2. The SMILES string of the molecule is Cc1ccc(Cl)cc1-n1c(C)cc([C@@H]2[C@H](c3ccccn3)NC(=S)N2c2ccc(NC(=O)C(C)C)c(Cl)c2)c1C. The van der Waals surface area contributed by atoms with Gasteiger partial charge in [-0.15, -0.1) is 0 Å². The average molecular weight is 593 g/mol. The topological polar surface area (TPSA) is 62.2 Å². The van der Waals surface area contributed by atoms with E-state index in [0.717, 1.165) is 39.6 Å². The highest BCUT2D eigenvalue weighted by Crippen LogP contribution is 2.45. The lowest BCUT2D eigenvalue weighted by molar-refractivity contribution is -0.118. The van der Waals surface area contributed by atoms with Crippen molar-refractivity contribution >= 4 is 57.8 Å². The maximum absolute atomic E-state index is 12.3. The largest absolute Gasteiger partial charge is 0.351 e. The zero-order valence-corrected chi connectivity index (χ0v) is 25.3. The van der Waals surface area contributed by atoms with E-state index in [4.69, 9.17) is 35.4 Å². The number of hydrogen-bond donors (Lipinski definition) is 2. The molecule has 1 aliphatic heterocycles. The average Bonchev–Trinajstić information content (AvgIpc) is 3.41. The maximum Gasteiger partial charge on any atom is 0.226 e. The number of pyridine rings is 1. The molecule has 9 heteroatoms. The molecule has 0 saturated carbocycles. The van der Waals surface area contributed by atoms with Crippen LogP contribution >= 0.6 is 35.4 Å². The summed E-state index contributed by atoms with van der Waals surface area (Å²) >= 11 is 19.0. The minimum atomic E-state index is -0.214. The van der Waals surface area contributed by atoms with Gasteiger partial charge in [0, 0.05) is 39.9 Å². The molecule has 1 amide bonds. The molecule has 2 aromatic carbocycles. The van der Waals surface area contributed by atoms with Crippen molar-refractivity contribution in [3.63, 3.8) is 0 Å². The Morgan fingerprint density at radius 2 is 1.82 bits per heavy atom. The summed E-state index contributed by atoms with van der Waals surface area (Å²) in [6.45, 7) is 9.99. The summed E-state index contributed by atoms with van der Waals surface area (Å²) in [5, 5.41) is 8.11. The number of benzene rings is 2. The highest BCUT2D eigenvalue weighted by Gasteiger charge is 2.42. The number of nitrogens with one attached hydrogen (secondary N) is 2. The Kier molecular flexibility index (Phi) is 7.91. The monoisotopic (exact) mass is 591 g/mol. The third-order valence-electron chi connectivity index (χ3n) is 7.31. The number of anilines is 2. The number of hydrogen-bond acceptors (Lipinski definition) is 3. The van der Waals surface area contributed by atoms with Crippen molar-refractivity contribution in [2.75, 3.05) is 10.2 Å². The van der Waals surface area contributed by atoms with Gasteiger partial charge in [0.25, 0.3) is 0 Å². The van der Waals surface area contributed by atoms with Crippen LogP contribution in [0.2, 0.25) is 10.0 Å². The molecular weight excluding hydrogens is 561 g/mol. The molecule has 1 saturated heterocycles. The van der Waals surface area contributed by atoms with Crippen molar-refractivity contribution in [3.8, 4) is 5.69 Å². The molecule has 0 unspecified atom stereocenters. The smallest absolute Gasteiger partial charge is 0.226 e. The zero-order valence-electron chi connectivity index (χ0n) is 23.0. The first-order valence-electron chi connectivity index (χ1n) is 13.1. The van der Waals surface area contributed by atoms with Crippen LogP contribution in [0.3, 0.4) is 0 Å². The van der Waals surface area contributed by atoms with E-state index in [1.54, 1.807) is 6.20 Å². The Balaban J connectivity index is 1.64. The second-order valence-corrected chi connectivity index (χ2v) is 11.6. The summed E-state index contributed by atoms with van der Waals surface area (Å²) in [5.74, 6) is -0.252. The Morgan fingerprint density at radius 1 is 1.05 bits per heavy atom. The van der Waals surface area contributed by atoms with Crippen LogP contribution in [0.25, 0.3) is 5.69 Å². The standard InChI is InChI=1S/C31H31Cl2N5OS/c1-17(2)30(39)35-25-12-11-22(16-24(25)33)38-29(28(36-31(38)40)26-8-6-7-13-34-26)23-14-19(4)37(20(23)5)27-15-21(32)10-9-18(27)3/h6-17,28-29H,1-5H3,(H,35,39)(H,36,40)/t28-,29+/m0/s1. The molecule has 0 bridgehead atoms. The Labute approximate surface area is 250 Å². The molecule has 206 valence electrons. The van der Waals surface area contributed by atoms with Crippen LogP contribution in [0, 0.1) is 26.7 Å². The number of aryl methyl sites for hydroxylation is 2. The molecule has 2 aromatic heterocycles. The molecule has 5 rings (SSSR count). The van der Waals surface area contributed by atoms with E-state index in [2.05, 4.69) is 51.9 Å². The minimum absolute atomic E-state index is 0.0927. The zero-order chi connectivity index (χ0) is 28.7. The summed E-state index contributed by atoms with van der Waals surface area (Å²) in [6, 6.07) is 19.2.